The van der Waals surface area contributed by atoms with Crippen molar-refractivity contribution < 1.29 is 27.4 Å². The summed E-state index contributed by atoms with van der Waals surface area (Å²) < 4.78 is 45.8. The number of ether oxygens (including phenoxy) is 2. The molecule has 114 valence electrons. The molecule has 7 heteroatoms. The van der Waals surface area contributed by atoms with Crippen LogP contribution in [0.1, 0.15) is 30.5 Å². The summed E-state index contributed by atoms with van der Waals surface area (Å²) in [5.41, 5.74) is 0.522. The van der Waals surface area contributed by atoms with Crippen LogP contribution < -0.4 is 4.74 Å². The molecule has 0 heterocycles. The van der Waals surface area contributed by atoms with Gasteiger partial charge < -0.3 is 9.47 Å². The highest BCUT2D eigenvalue weighted by Gasteiger charge is 2.32. The van der Waals surface area contributed by atoms with Gasteiger partial charge in [0.1, 0.15) is 5.75 Å². The molecule has 0 fully saturated rings. The van der Waals surface area contributed by atoms with E-state index in [1.54, 1.807) is 13.8 Å². The van der Waals surface area contributed by atoms with Gasteiger partial charge in [0.2, 0.25) is 0 Å². The Kier molecular flexibility index (Phi) is 5.59. The maximum Gasteiger partial charge on any atom is 0.573 e. The number of carbonyl (C=O) groups excluding carboxylic acids is 1. The second-order valence-corrected chi connectivity index (χ2v) is 4.06. The lowest BCUT2D eigenvalue weighted by atomic mass is 9.96. The molecule has 0 unspecified atom stereocenters. The first-order chi connectivity index (χ1) is 9.82. The van der Waals surface area contributed by atoms with Crippen LogP contribution in [0, 0.1) is 11.3 Å². The second kappa shape index (κ2) is 6.97. The van der Waals surface area contributed by atoms with Crippen LogP contribution in [0.4, 0.5) is 13.2 Å². The zero-order valence-electron chi connectivity index (χ0n) is 11.6. The third-order valence-electron chi connectivity index (χ3n) is 2.71. The maximum absolute atomic E-state index is 12.4. The summed E-state index contributed by atoms with van der Waals surface area (Å²) in [4.78, 5) is 11.6. The zero-order valence-corrected chi connectivity index (χ0v) is 11.6. The van der Waals surface area contributed by atoms with E-state index in [4.69, 9.17) is 10.00 Å². The Hall–Kier alpha value is -2.23. The molecule has 0 spiro atoms. The fraction of sp³-hybridized carbons (Fsp3) is 0.429. The van der Waals surface area contributed by atoms with Crippen molar-refractivity contribution in [1.82, 2.24) is 0 Å². The lowest BCUT2D eigenvalue weighted by molar-refractivity contribution is -0.274. The van der Waals surface area contributed by atoms with Gasteiger partial charge in [-0.25, -0.2) is 0 Å². The summed E-state index contributed by atoms with van der Waals surface area (Å²) in [5, 5.41) is 9.04. The molecule has 0 N–H and O–H groups in total. The summed E-state index contributed by atoms with van der Waals surface area (Å²) in [6.45, 7) is 3.39. The summed E-state index contributed by atoms with van der Waals surface area (Å²) in [7, 11) is 0. The highest BCUT2D eigenvalue weighted by molar-refractivity contribution is 5.75. The fourth-order valence-corrected chi connectivity index (χ4v) is 1.94. The summed E-state index contributed by atoms with van der Waals surface area (Å²) >= 11 is 0. The van der Waals surface area contributed by atoms with Gasteiger partial charge in [0.25, 0.3) is 0 Å². The van der Waals surface area contributed by atoms with E-state index >= 15 is 0 Å². The number of nitriles is 1. The molecule has 0 aliphatic heterocycles. The van der Waals surface area contributed by atoms with Gasteiger partial charge in [0, 0.05) is 0 Å². The largest absolute Gasteiger partial charge is 0.573 e. The number of nitrogens with zero attached hydrogens (tertiary/aromatic N) is 1. The van der Waals surface area contributed by atoms with Crippen LogP contribution in [-0.4, -0.2) is 18.9 Å². The molecular formula is C14H14F3NO3. The van der Waals surface area contributed by atoms with Gasteiger partial charge >= 0.3 is 12.3 Å². The van der Waals surface area contributed by atoms with Crippen molar-refractivity contribution in [3.05, 3.63) is 28.8 Å². The van der Waals surface area contributed by atoms with E-state index in [9.17, 15) is 18.0 Å². The standard InChI is InChI=1S/C14H14F3NO3/c1-3-10-11(7-13(19)20-4-2)9(8-18)5-6-12(10)21-14(15,16)17/h5-6H,3-4,7H2,1-2H3. The first-order valence-electron chi connectivity index (χ1n) is 6.28. The molecule has 0 aliphatic carbocycles. The molecule has 1 aromatic rings. The molecule has 0 saturated carbocycles. The second-order valence-electron chi connectivity index (χ2n) is 4.06. The topological polar surface area (TPSA) is 59.3 Å². The number of halogens is 3. The molecule has 1 aromatic carbocycles. The van der Waals surface area contributed by atoms with Gasteiger partial charge in [0.05, 0.1) is 24.7 Å². The van der Waals surface area contributed by atoms with Crippen molar-refractivity contribution in [2.45, 2.75) is 33.1 Å². The average Bonchev–Trinajstić information content (AvgIpc) is 2.37. The van der Waals surface area contributed by atoms with Crippen LogP contribution in [0.5, 0.6) is 5.75 Å². The molecule has 0 bridgehead atoms. The predicted molar refractivity (Wildman–Crippen MR) is 67.6 cm³/mol. The van der Waals surface area contributed by atoms with Crippen LogP contribution in [-0.2, 0) is 22.4 Å². The van der Waals surface area contributed by atoms with Gasteiger partial charge in [-0.2, -0.15) is 5.26 Å². The number of hydrogen-bond acceptors (Lipinski definition) is 4. The fourth-order valence-electron chi connectivity index (χ4n) is 1.94. The Morgan fingerprint density at radius 3 is 2.43 bits per heavy atom. The number of rotatable bonds is 5. The number of alkyl halides is 3. The number of carbonyl (C=O) groups is 1. The Bertz CT molecular complexity index is 562. The number of hydrogen-bond donors (Lipinski definition) is 0. The molecule has 0 saturated heterocycles. The van der Waals surface area contributed by atoms with Crippen LogP contribution in [0.15, 0.2) is 12.1 Å². The minimum atomic E-state index is -4.83. The quantitative estimate of drug-likeness (QED) is 0.784. The SMILES string of the molecule is CCOC(=O)Cc1c(C#N)ccc(OC(F)(F)F)c1CC. The molecule has 1 rings (SSSR count). The minimum Gasteiger partial charge on any atom is -0.466 e. The van der Waals surface area contributed by atoms with Crippen molar-refractivity contribution in [3.8, 4) is 11.8 Å². The molecule has 0 atom stereocenters. The minimum absolute atomic E-state index is 0.134. The van der Waals surface area contributed by atoms with Crippen molar-refractivity contribution in [3.63, 3.8) is 0 Å². The van der Waals surface area contributed by atoms with E-state index in [0.717, 1.165) is 6.07 Å². The lowest BCUT2D eigenvalue weighted by Crippen LogP contribution is -2.19. The Morgan fingerprint density at radius 1 is 1.29 bits per heavy atom. The van der Waals surface area contributed by atoms with E-state index < -0.39 is 18.1 Å². The highest BCUT2D eigenvalue weighted by Crippen LogP contribution is 2.31. The molecule has 0 aliphatic rings. The zero-order chi connectivity index (χ0) is 16.0. The molecular weight excluding hydrogens is 287 g/mol. The van der Waals surface area contributed by atoms with E-state index in [-0.39, 0.29) is 36.1 Å². The maximum atomic E-state index is 12.4. The van der Waals surface area contributed by atoms with Gasteiger partial charge in [-0.15, -0.1) is 13.2 Å². The summed E-state index contributed by atoms with van der Waals surface area (Å²) in [6, 6.07) is 4.15. The van der Waals surface area contributed by atoms with E-state index in [2.05, 4.69) is 4.74 Å². The third kappa shape index (κ3) is 4.67. The smallest absolute Gasteiger partial charge is 0.466 e. The van der Waals surface area contributed by atoms with E-state index in [1.165, 1.54) is 6.07 Å². The molecule has 0 aromatic heterocycles. The Balaban J connectivity index is 3.27. The van der Waals surface area contributed by atoms with Crippen LogP contribution >= 0.6 is 0 Å². The monoisotopic (exact) mass is 301 g/mol. The molecule has 21 heavy (non-hydrogen) atoms. The third-order valence-corrected chi connectivity index (χ3v) is 2.71. The Labute approximate surface area is 120 Å². The molecule has 0 radical (unpaired) electrons. The Morgan fingerprint density at radius 2 is 1.95 bits per heavy atom. The normalized spacial score (nSPS) is 10.9. The number of esters is 1. The van der Waals surface area contributed by atoms with E-state index in [1.807, 2.05) is 6.07 Å². The highest BCUT2D eigenvalue weighted by atomic mass is 19.4. The van der Waals surface area contributed by atoms with Gasteiger partial charge in [0.15, 0.2) is 0 Å². The van der Waals surface area contributed by atoms with Gasteiger partial charge in [-0.05, 0) is 36.6 Å². The first kappa shape index (κ1) is 16.8. The molecule has 4 nitrogen and oxygen atoms in total. The average molecular weight is 301 g/mol. The lowest BCUT2D eigenvalue weighted by Gasteiger charge is -2.16. The summed E-state index contributed by atoms with van der Waals surface area (Å²) in [5.74, 6) is -1.00. The predicted octanol–water partition coefficient (Wildman–Crippen LogP) is 3.12. The van der Waals surface area contributed by atoms with Crippen molar-refractivity contribution in [1.29, 1.82) is 5.26 Å². The van der Waals surface area contributed by atoms with Gasteiger partial charge in [-0.1, -0.05) is 6.92 Å². The first-order valence-corrected chi connectivity index (χ1v) is 6.28. The van der Waals surface area contributed by atoms with Crippen molar-refractivity contribution in [2.24, 2.45) is 0 Å². The van der Waals surface area contributed by atoms with Crippen molar-refractivity contribution >= 4 is 5.97 Å². The van der Waals surface area contributed by atoms with Gasteiger partial charge in [-0.3, -0.25) is 4.79 Å². The molecule has 0 amide bonds. The number of benzene rings is 1. The van der Waals surface area contributed by atoms with E-state index in [0.29, 0.717) is 0 Å². The van der Waals surface area contributed by atoms with Crippen LogP contribution in [0.3, 0.4) is 0 Å². The summed E-state index contributed by atoms with van der Waals surface area (Å²) in [6.07, 6.45) is -4.91. The van der Waals surface area contributed by atoms with Crippen LogP contribution in [0.2, 0.25) is 0 Å². The van der Waals surface area contributed by atoms with Crippen molar-refractivity contribution in [2.75, 3.05) is 6.61 Å². The van der Waals surface area contributed by atoms with Crippen LogP contribution in [0.25, 0.3) is 0 Å².